The Morgan fingerprint density at radius 3 is 2.62 bits per heavy atom. The Kier molecular flexibility index (Phi) is 2.92. The Balaban J connectivity index is 3.43. The molecule has 6 heteroatoms. The van der Waals surface area contributed by atoms with Gasteiger partial charge in [-0.15, -0.1) is 0 Å². The average molecular weight is 251 g/mol. The summed E-state index contributed by atoms with van der Waals surface area (Å²) in [5, 5.41) is 0. The molecule has 1 aromatic rings. The molecule has 0 radical (unpaired) electrons. The molecule has 0 saturated heterocycles. The van der Waals surface area contributed by atoms with Crippen LogP contribution in [0.2, 0.25) is 0 Å². The van der Waals surface area contributed by atoms with Gasteiger partial charge in [0.2, 0.25) is 0 Å². The summed E-state index contributed by atoms with van der Waals surface area (Å²) < 4.78 is 24.8. The van der Waals surface area contributed by atoms with Crippen molar-refractivity contribution in [1.29, 1.82) is 0 Å². The van der Waals surface area contributed by atoms with E-state index in [9.17, 15) is 13.6 Å². The number of carbonyl (C=O) groups is 1. The second-order valence-corrected chi connectivity index (χ2v) is 3.00. The number of aromatic nitrogens is 1. The molecule has 0 aromatic carbocycles. The summed E-state index contributed by atoms with van der Waals surface area (Å²) in [5.74, 6) is 0. The summed E-state index contributed by atoms with van der Waals surface area (Å²) in [7, 11) is 0. The molecule has 1 aromatic heterocycles. The Morgan fingerprint density at radius 2 is 2.23 bits per heavy atom. The third-order valence-electron chi connectivity index (χ3n) is 1.48. The van der Waals surface area contributed by atoms with Gasteiger partial charge in [-0.3, -0.25) is 4.79 Å². The molecule has 0 saturated carbocycles. The molecular weight excluding hydrogens is 246 g/mol. The van der Waals surface area contributed by atoms with Crippen molar-refractivity contribution >= 4 is 27.9 Å². The van der Waals surface area contributed by atoms with Gasteiger partial charge >= 0.3 is 0 Å². The van der Waals surface area contributed by atoms with Crippen LogP contribution in [0.4, 0.5) is 14.5 Å². The van der Waals surface area contributed by atoms with Crippen molar-refractivity contribution in [2.75, 3.05) is 5.73 Å². The fourth-order valence-corrected chi connectivity index (χ4v) is 1.30. The molecule has 0 unspecified atom stereocenters. The number of anilines is 1. The van der Waals surface area contributed by atoms with Crippen molar-refractivity contribution in [3.8, 4) is 0 Å². The zero-order valence-electron chi connectivity index (χ0n) is 6.30. The van der Waals surface area contributed by atoms with Crippen LogP contribution < -0.4 is 5.73 Å². The number of pyridine rings is 1. The minimum Gasteiger partial charge on any atom is -0.397 e. The van der Waals surface area contributed by atoms with Gasteiger partial charge in [-0.2, -0.15) is 0 Å². The molecule has 13 heavy (non-hydrogen) atoms. The largest absolute Gasteiger partial charge is 0.397 e. The van der Waals surface area contributed by atoms with Gasteiger partial charge in [-0.05, 0) is 15.9 Å². The van der Waals surface area contributed by atoms with Gasteiger partial charge in [0, 0.05) is 0 Å². The van der Waals surface area contributed by atoms with E-state index in [1.807, 2.05) is 0 Å². The molecule has 2 N–H and O–H groups in total. The molecule has 0 fully saturated rings. The van der Waals surface area contributed by atoms with E-state index < -0.39 is 12.0 Å². The number of alkyl halides is 2. The number of nitrogens with two attached hydrogens (primary N) is 1. The van der Waals surface area contributed by atoms with Crippen molar-refractivity contribution in [1.82, 2.24) is 4.98 Å². The highest BCUT2D eigenvalue weighted by atomic mass is 79.9. The first-order valence-electron chi connectivity index (χ1n) is 3.25. The van der Waals surface area contributed by atoms with E-state index in [0.717, 1.165) is 6.20 Å². The van der Waals surface area contributed by atoms with Crippen molar-refractivity contribution < 1.29 is 13.6 Å². The van der Waals surface area contributed by atoms with E-state index >= 15 is 0 Å². The Labute approximate surface area is 81.1 Å². The minimum absolute atomic E-state index is 0.0759. The second kappa shape index (κ2) is 3.78. The molecule has 1 heterocycles. The lowest BCUT2D eigenvalue weighted by atomic mass is 10.1. The van der Waals surface area contributed by atoms with Crippen LogP contribution in [0.15, 0.2) is 10.8 Å². The van der Waals surface area contributed by atoms with Gasteiger partial charge in [0.05, 0.1) is 23.0 Å². The average Bonchev–Trinajstić information content (AvgIpc) is 2.07. The van der Waals surface area contributed by atoms with Gasteiger partial charge in [-0.25, -0.2) is 13.8 Å². The lowest BCUT2D eigenvalue weighted by molar-refractivity contribution is 0.110. The van der Waals surface area contributed by atoms with Crippen LogP contribution >= 0.6 is 15.9 Å². The van der Waals surface area contributed by atoms with E-state index in [2.05, 4.69) is 20.9 Å². The maximum absolute atomic E-state index is 12.4. The van der Waals surface area contributed by atoms with Crippen LogP contribution in [-0.2, 0) is 0 Å². The molecule has 0 aliphatic carbocycles. The van der Waals surface area contributed by atoms with E-state index in [1.54, 1.807) is 0 Å². The molecule has 0 aliphatic heterocycles. The molecule has 0 bridgehead atoms. The number of aldehydes is 1. The Bertz CT molecular complexity index is 344. The second-order valence-electron chi connectivity index (χ2n) is 2.25. The van der Waals surface area contributed by atoms with E-state index in [1.165, 1.54) is 0 Å². The van der Waals surface area contributed by atoms with Crippen LogP contribution in [0.3, 0.4) is 0 Å². The smallest absolute Gasteiger partial charge is 0.266 e. The zero-order valence-corrected chi connectivity index (χ0v) is 7.88. The van der Waals surface area contributed by atoms with Crippen molar-refractivity contribution in [3.05, 3.63) is 21.9 Å². The van der Waals surface area contributed by atoms with Gasteiger partial charge in [0.15, 0.2) is 6.29 Å². The zero-order chi connectivity index (χ0) is 10.0. The molecule has 0 atom stereocenters. The van der Waals surface area contributed by atoms with Crippen LogP contribution in [-0.4, -0.2) is 11.3 Å². The maximum Gasteiger partial charge on any atom is 0.266 e. The predicted octanol–water partition coefficient (Wildman–Crippen LogP) is 2.18. The highest BCUT2D eigenvalue weighted by Crippen LogP contribution is 2.30. The highest BCUT2D eigenvalue weighted by Gasteiger charge is 2.19. The number of hydrogen-bond acceptors (Lipinski definition) is 3. The Hall–Kier alpha value is -1.04. The fraction of sp³-hybridized carbons (Fsp3) is 0.143. The number of nitrogen functional groups attached to an aromatic ring is 1. The minimum atomic E-state index is -2.78. The molecule has 3 nitrogen and oxygen atoms in total. The quantitative estimate of drug-likeness (QED) is 0.647. The fourth-order valence-electron chi connectivity index (χ4n) is 0.888. The lowest BCUT2D eigenvalue weighted by Gasteiger charge is -2.07. The number of halogens is 3. The highest BCUT2D eigenvalue weighted by molar-refractivity contribution is 9.10. The van der Waals surface area contributed by atoms with Crippen molar-refractivity contribution in [2.45, 2.75) is 6.43 Å². The number of nitrogens with zero attached hydrogens (tertiary/aromatic N) is 1. The van der Waals surface area contributed by atoms with E-state index in [-0.39, 0.29) is 15.9 Å². The summed E-state index contributed by atoms with van der Waals surface area (Å²) in [6.07, 6.45) is -1.40. The molecule has 1 rings (SSSR count). The van der Waals surface area contributed by atoms with Crippen LogP contribution in [0.1, 0.15) is 22.3 Å². The summed E-state index contributed by atoms with van der Waals surface area (Å²) >= 11 is 2.88. The molecular formula is C7H5BrF2N2O. The van der Waals surface area contributed by atoms with E-state index in [4.69, 9.17) is 5.73 Å². The first kappa shape index (κ1) is 10.0. The first-order valence-corrected chi connectivity index (χ1v) is 4.04. The van der Waals surface area contributed by atoms with Crippen LogP contribution in [0.5, 0.6) is 0 Å². The van der Waals surface area contributed by atoms with Crippen LogP contribution in [0, 0.1) is 0 Å². The summed E-state index contributed by atoms with van der Waals surface area (Å²) in [5.41, 5.74) is 4.39. The molecule has 0 aliphatic rings. The topological polar surface area (TPSA) is 56.0 Å². The third kappa shape index (κ3) is 1.82. The van der Waals surface area contributed by atoms with E-state index in [0.29, 0.717) is 6.29 Å². The monoisotopic (exact) mass is 250 g/mol. The van der Waals surface area contributed by atoms with Gasteiger partial charge in [-0.1, -0.05) is 0 Å². The Morgan fingerprint density at radius 1 is 1.62 bits per heavy atom. The summed E-state index contributed by atoms with van der Waals surface area (Å²) in [6, 6.07) is 0. The molecule has 0 spiro atoms. The SMILES string of the molecule is Nc1cnc(Br)c(C=O)c1C(F)F. The standard InChI is InChI=1S/C7H5BrF2N2O/c8-6-3(2-13)5(7(9)10)4(11)1-12-6/h1-2,7H,11H2. The van der Waals surface area contributed by atoms with Crippen LogP contribution in [0.25, 0.3) is 0 Å². The summed E-state index contributed by atoms with van der Waals surface area (Å²) in [6.45, 7) is 0. The first-order chi connectivity index (χ1) is 6.07. The predicted molar refractivity (Wildman–Crippen MR) is 46.7 cm³/mol. The number of carbonyl (C=O) groups excluding carboxylic acids is 1. The van der Waals surface area contributed by atoms with Gasteiger partial charge in [0.1, 0.15) is 4.60 Å². The number of rotatable bonds is 2. The van der Waals surface area contributed by atoms with Gasteiger partial charge < -0.3 is 5.73 Å². The molecule has 0 amide bonds. The third-order valence-corrected chi connectivity index (χ3v) is 2.11. The maximum atomic E-state index is 12.4. The van der Waals surface area contributed by atoms with Crippen molar-refractivity contribution in [2.24, 2.45) is 0 Å². The summed E-state index contributed by atoms with van der Waals surface area (Å²) in [4.78, 5) is 14.1. The molecule has 70 valence electrons. The lowest BCUT2D eigenvalue weighted by Crippen LogP contribution is -2.02. The van der Waals surface area contributed by atoms with Crippen molar-refractivity contribution in [3.63, 3.8) is 0 Å². The normalized spacial score (nSPS) is 10.5. The number of hydrogen-bond donors (Lipinski definition) is 1. The van der Waals surface area contributed by atoms with Gasteiger partial charge in [0.25, 0.3) is 6.43 Å².